The summed E-state index contributed by atoms with van der Waals surface area (Å²) in [7, 11) is 4.48. The third kappa shape index (κ3) is 8.63. The van der Waals surface area contributed by atoms with E-state index in [-0.39, 0.29) is 29.8 Å². The molecule has 14 nitrogen and oxygen atoms in total. The third-order valence-corrected chi connectivity index (χ3v) is 11.9. The van der Waals surface area contributed by atoms with Crippen molar-refractivity contribution in [3.05, 3.63) is 121 Å². The van der Waals surface area contributed by atoms with Crippen LogP contribution in [0.4, 0.5) is 9.59 Å². The number of benzene rings is 4. The fourth-order valence-electron chi connectivity index (χ4n) is 8.49. The van der Waals surface area contributed by atoms with Gasteiger partial charge in [-0.25, -0.2) is 19.6 Å². The fourth-order valence-corrected chi connectivity index (χ4v) is 8.49. The Hall–Kier alpha value is -6.96. The number of fused-ring (bicyclic) bond motifs is 1. The predicted molar refractivity (Wildman–Crippen MR) is 235 cm³/mol. The predicted octanol–water partition coefficient (Wildman–Crippen LogP) is 8.43. The molecule has 320 valence electrons. The highest BCUT2D eigenvalue weighted by molar-refractivity contribution is 5.91. The minimum atomic E-state index is -1.06. The molecule has 0 aliphatic carbocycles. The largest absolute Gasteiger partial charge is 0.453 e. The number of aromatic amines is 2. The molecule has 0 unspecified atom stereocenters. The number of nitrogens with one attached hydrogen (secondary N) is 3. The number of hydrogen-bond donors (Lipinski definition) is 3. The standard InChI is InChI=1S/C48H52N8O6/c1-29(2)41(53-47(59)61-5)45(57)55-23-9-13-39(55)43-50-28-38(52-43)36-22-21-34-25-33(19-20-35(34)26-36)30-15-17-31(18-16-30)37-27-49-44(51-37)40-14-10-24-56(40)46(58)42(62-48(60)54(3)4)32-11-7-6-8-12-32/h6-8,11-12,15-22,25-29,39-42H,9-10,13-14,23-24H2,1-5H3,(H,49,51)(H,50,52)(H,53,59)/t39-,40-,41-,42-/m0/s1. The molecule has 62 heavy (non-hydrogen) atoms. The Labute approximate surface area is 360 Å². The molecule has 6 aromatic rings. The van der Waals surface area contributed by atoms with Gasteiger partial charge in [-0.15, -0.1) is 0 Å². The second kappa shape index (κ2) is 17.9. The zero-order chi connectivity index (χ0) is 43.5. The summed E-state index contributed by atoms with van der Waals surface area (Å²) in [4.78, 5) is 73.5. The van der Waals surface area contributed by atoms with Gasteiger partial charge in [0, 0.05) is 38.3 Å². The molecule has 3 N–H and O–H groups in total. The maximum absolute atomic E-state index is 14.0. The van der Waals surface area contributed by atoms with Crippen LogP contribution in [0.25, 0.3) is 44.4 Å². The van der Waals surface area contributed by atoms with E-state index in [4.69, 9.17) is 19.4 Å². The number of likely N-dealkylation sites (tertiary alicyclic amines) is 2. The molecule has 2 saturated heterocycles. The first-order valence-electron chi connectivity index (χ1n) is 21.1. The topological polar surface area (TPSA) is 166 Å². The van der Waals surface area contributed by atoms with E-state index in [0.29, 0.717) is 24.5 Å². The normalized spacial score (nSPS) is 17.3. The third-order valence-electron chi connectivity index (χ3n) is 11.9. The molecule has 4 aromatic carbocycles. The lowest BCUT2D eigenvalue weighted by molar-refractivity contribution is -0.142. The molecule has 0 bridgehead atoms. The molecule has 2 aliphatic rings. The Morgan fingerprint density at radius 1 is 0.710 bits per heavy atom. The highest BCUT2D eigenvalue weighted by Crippen LogP contribution is 2.37. The van der Waals surface area contributed by atoms with Gasteiger partial charge in [-0.3, -0.25) is 9.59 Å². The van der Waals surface area contributed by atoms with Crippen LogP contribution < -0.4 is 5.32 Å². The van der Waals surface area contributed by atoms with Crippen LogP contribution in [-0.2, 0) is 19.1 Å². The second-order valence-electron chi connectivity index (χ2n) is 16.5. The Balaban J connectivity index is 0.942. The van der Waals surface area contributed by atoms with Crippen molar-refractivity contribution in [2.75, 3.05) is 34.3 Å². The van der Waals surface area contributed by atoms with Gasteiger partial charge in [0.2, 0.25) is 12.0 Å². The Bertz CT molecular complexity index is 2570. The van der Waals surface area contributed by atoms with Gasteiger partial charge in [-0.05, 0) is 71.2 Å². The monoisotopic (exact) mass is 836 g/mol. The van der Waals surface area contributed by atoms with Gasteiger partial charge in [0.25, 0.3) is 5.91 Å². The van der Waals surface area contributed by atoms with E-state index in [2.05, 4.69) is 75.9 Å². The van der Waals surface area contributed by atoms with Crippen LogP contribution in [0.1, 0.15) is 74.9 Å². The number of carbonyl (C=O) groups is 4. The fraction of sp³-hybridized carbons (Fsp3) is 0.333. The molecule has 4 heterocycles. The van der Waals surface area contributed by atoms with Gasteiger partial charge < -0.3 is 39.5 Å². The number of imidazole rings is 2. The van der Waals surface area contributed by atoms with E-state index >= 15 is 0 Å². The Morgan fingerprint density at radius 3 is 1.82 bits per heavy atom. The molecule has 0 spiro atoms. The second-order valence-corrected chi connectivity index (χ2v) is 16.5. The van der Waals surface area contributed by atoms with E-state index < -0.39 is 24.3 Å². The van der Waals surface area contributed by atoms with E-state index in [1.807, 2.05) is 43.1 Å². The van der Waals surface area contributed by atoms with Gasteiger partial charge in [0.05, 0.1) is 43.0 Å². The summed E-state index contributed by atoms with van der Waals surface area (Å²) in [5.74, 6) is 0.903. The maximum Gasteiger partial charge on any atom is 0.410 e. The number of ether oxygens (including phenoxy) is 2. The van der Waals surface area contributed by atoms with Crippen LogP contribution in [-0.4, -0.2) is 99.0 Å². The van der Waals surface area contributed by atoms with Crippen molar-refractivity contribution < 1.29 is 28.7 Å². The average molecular weight is 837 g/mol. The minimum absolute atomic E-state index is 0.108. The van der Waals surface area contributed by atoms with E-state index in [0.717, 1.165) is 75.9 Å². The number of methoxy groups -OCH3 is 1. The lowest BCUT2D eigenvalue weighted by Crippen LogP contribution is -2.51. The minimum Gasteiger partial charge on any atom is -0.453 e. The first-order chi connectivity index (χ1) is 30.0. The van der Waals surface area contributed by atoms with Gasteiger partial charge in [0.15, 0.2) is 0 Å². The lowest BCUT2D eigenvalue weighted by atomic mass is 9.98. The number of hydrogen-bond acceptors (Lipinski definition) is 8. The number of H-pyrrole nitrogens is 2. The van der Waals surface area contributed by atoms with Crippen molar-refractivity contribution in [1.29, 1.82) is 0 Å². The average Bonchev–Trinajstić information content (AvgIpc) is 4.14. The van der Waals surface area contributed by atoms with E-state index in [1.165, 1.54) is 12.0 Å². The Morgan fingerprint density at radius 2 is 1.24 bits per heavy atom. The summed E-state index contributed by atoms with van der Waals surface area (Å²) < 4.78 is 10.5. The van der Waals surface area contributed by atoms with Crippen LogP contribution in [0.5, 0.6) is 0 Å². The van der Waals surface area contributed by atoms with Crippen molar-refractivity contribution >= 4 is 34.8 Å². The molecular weight excluding hydrogens is 785 g/mol. The SMILES string of the molecule is COC(=O)N[C@H](C(=O)N1CCC[C@H]1c1ncc(-c2ccc3cc(-c4ccc(-c5cnc([C@@H]6CCCN6C(=O)[C@@H](OC(=O)N(C)C)c6ccccc6)[nH]5)cc4)ccc3c2)[nH]1)C(C)C. The number of carbonyl (C=O) groups excluding carboxylic acids is 4. The van der Waals surface area contributed by atoms with Gasteiger partial charge in [0.1, 0.15) is 17.7 Å². The van der Waals surface area contributed by atoms with E-state index in [1.54, 1.807) is 37.3 Å². The van der Waals surface area contributed by atoms with Gasteiger partial charge in [-0.1, -0.05) is 92.7 Å². The van der Waals surface area contributed by atoms with Crippen molar-refractivity contribution in [2.24, 2.45) is 5.92 Å². The van der Waals surface area contributed by atoms with Gasteiger partial charge in [-0.2, -0.15) is 0 Å². The molecule has 0 saturated carbocycles. The molecule has 4 atom stereocenters. The number of alkyl carbamates (subject to hydrolysis) is 1. The van der Waals surface area contributed by atoms with Gasteiger partial charge >= 0.3 is 12.2 Å². The number of rotatable bonds is 11. The zero-order valence-electron chi connectivity index (χ0n) is 35.6. The van der Waals surface area contributed by atoms with Crippen molar-refractivity contribution in [3.8, 4) is 33.6 Å². The quantitative estimate of drug-likeness (QED) is 0.117. The first kappa shape index (κ1) is 41.8. The smallest absolute Gasteiger partial charge is 0.410 e. The van der Waals surface area contributed by atoms with Crippen molar-refractivity contribution in [2.45, 2.75) is 63.8 Å². The summed E-state index contributed by atoms with van der Waals surface area (Å²) in [5.41, 5.74) is 6.45. The van der Waals surface area contributed by atoms with Crippen LogP contribution in [0.3, 0.4) is 0 Å². The summed E-state index contributed by atoms with van der Waals surface area (Å²) in [5, 5.41) is 4.89. The van der Waals surface area contributed by atoms with Crippen LogP contribution in [0.2, 0.25) is 0 Å². The van der Waals surface area contributed by atoms with E-state index in [9.17, 15) is 19.2 Å². The number of nitrogens with zero attached hydrogens (tertiary/aromatic N) is 5. The van der Waals surface area contributed by atoms with Crippen LogP contribution >= 0.6 is 0 Å². The maximum atomic E-state index is 14.0. The molecule has 14 heteroatoms. The highest BCUT2D eigenvalue weighted by Gasteiger charge is 2.39. The molecule has 2 aromatic heterocycles. The number of aromatic nitrogens is 4. The lowest BCUT2D eigenvalue weighted by Gasteiger charge is -2.30. The first-order valence-corrected chi connectivity index (χ1v) is 21.1. The molecule has 2 aliphatic heterocycles. The molecule has 2 fully saturated rings. The summed E-state index contributed by atoms with van der Waals surface area (Å²) >= 11 is 0. The van der Waals surface area contributed by atoms with Crippen molar-refractivity contribution in [3.63, 3.8) is 0 Å². The van der Waals surface area contributed by atoms with Crippen LogP contribution in [0.15, 0.2) is 103 Å². The highest BCUT2D eigenvalue weighted by atomic mass is 16.6. The zero-order valence-corrected chi connectivity index (χ0v) is 35.6. The molecule has 4 amide bonds. The molecular formula is C48H52N8O6. The van der Waals surface area contributed by atoms with Crippen LogP contribution in [0, 0.1) is 5.92 Å². The summed E-state index contributed by atoms with van der Waals surface area (Å²) in [6, 6.07) is 29.0. The molecule has 0 radical (unpaired) electrons. The Kier molecular flexibility index (Phi) is 12.1. The summed E-state index contributed by atoms with van der Waals surface area (Å²) in [6.07, 6.45) is 4.53. The number of amides is 4. The van der Waals surface area contributed by atoms with Crippen molar-refractivity contribution in [1.82, 2.24) is 40.0 Å². The molecule has 8 rings (SSSR count). The summed E-state index contributed by atoms with van der Waals surface area (Å²) in [6.45, 7) is 4.94.